The molecule has 0 unspecified atom stereocenters. The number of hydrogen-bond acceptors (Lipinski definition) is 5. The zero-order valence-corrected chi connectivity index (χ0v) is 10.5. The van der Waals surface area contributed by atoms with Gasteiger partial charge in [-0.15, -0.1) is 0 Å². The molecule has 1 rings (SSSR count). The van der Waals surface area contributed by atoms with E-state index >= 15 is 0 Å². The van der Waals surface area contributed by atoms with Crippen LogP contribution in [0.15, 0.2) is 6.20 Å². The summed E-state index contributed by atoms with van der Waals surface area (Å²) in [6.45, 7) is 0.593. The number of aromatic nitrogens is 2. The fourth-order valence-corrected chi connectivity index (χ4v) is 1.27. The number of carbonyl (C=O) groups excluding carboxylic acids is 2. The van der Waals surface area contributed by atoms with Crippen LogP contribution < -0.4 is 10.6 Å². The number of aryl methyl sites for hydroxylation is 2. The highest BCUT2D eigenvalue weighted by atomic mass is 16.5. The van der Waals surface area contributed by atoms with Gasteiger partial charge < -0.3 is 15.2 Å². The van der Waals surface area contributed by atoms with E-state index < -0.39 is 31.1 Å². The summed E-state index contributed by atoms with van der Waals surface area (Å²) in [4.78, 5) is 32.8. The van der Waals surface area contributed by atoms with Gasteiger partial charge in [0, 0.05) is 13.2 Å². The number of imide groups is 1. The minimum atomic E-state index is -1.19. The number of carboxylic acid groups (broad SMARTS) is 1. The number of aliphatic carboxylic acids is 1. The first-order valence-electron chi connectivity index (χ1n) is 5.29. The summed E-state index contributed by atoms with van der Waals surface area (Å²) in [5.41, 5.74) is 1.08. The predicted octanol–water partition coefficient (Wildman–Crippen LogP) is -0.522. The predicted molar refractivity (Wildman–Crippen MR) is 63.6 cm³/mol. The third-order valence-electron chi connectivity index (χ3n) is 1.97. The summed E-state index contributed by atoms with van der Waals surface area (Å²) in [5.74, 6) is -1.93. The molecule has 0 bridgehead atoms. The highest BCUT2D eigenvalue weighted by Crippen LogP contribution is 2.10. The van der Waals surface area contributed by atoms with E-state index in [1.165, 1.54) is 4.68 Å². The van der Waals surface area contributed by atoms with Gasteiger partial charge in [-0.1, -0.05) is 0 Å². The summed E-state index contributed by atoms with van der Waals surface area (Å²) in [5, 5.41) is 16.7. The van der Waals surface area contributed by atoms with Crippen molar-refractivity contribution in [3.8, 4) is 0 Å². The SMILES string of the molecule is Cc1nn(C)cc1NC(=O)NC(=O)COCC(=O)O. The van der Waals surface area contributed by atoms with Gasteiger partial charge in [0.1, 0.15) is 13.2 Å². The number of urea groups is 1. The third-order valence-corrected chi connectivity index (χ3v) is 1.97. The number of ether oxygens (including phenoxy) is 1. The van der Waals surface area contributed by atoms with Gasteiger partial charge in [0.25, 0.3) is 5.91 Å². The quantitative estimate of drug-likeness (QED) is 0.661. The topological polar surface area (TPSA) is 123 Å². The Morgan fingerprint density at radius 3 is 2.63 bits per heavy atom. The summed E-state index contributed by atoms with van der Waals surface area (Å²) in [7, 11) is 1.70. The molecule has 1 aromatic heterocycles. The van der Waals surface area contributed by atoms with Crippen LogP contribution in [-0.4, -0.2) is 46.0 Å². The zero-order chi connectivity index (χ0) is 14.4. The van der Waals surface area contributed by atoms with Crippen LogP contribution in [0, 0.1) is 6.92 Å². The van der Waals surface area contributed by atoms with Crippen molar-refractivity contribution >= 4 is 23.6 Å². The van der Waals surface area contributed by atoms with Crippen LogP contribution in [0.2, 0.25) is 0 Å². The Morgan fingerprint density at radius 1 is 1.42 bits per heavy atom. The molecule has 0 aliphatic carbocycles. The normalized spacial score (nSPS) is 10.0. The standard InChI is InChI=1S/C10H14N4O5/c1-6-7(3-14(2)13-6)11-10(18)12-8(15)4-19-5-9(16)17/h3H,4-5H2,1-2H3,(H,16,17)(H2,11,12,15,18). The lowest BCUT2D eigenvalue weighted by Crippen LogP contribution is -2.37. The monoisotopic (exact) mass is 270 g/mol. The van der Waals surface area contributed by atoms with Crippen LogP contribution in [0.1, 0.15) is 5.69 Å². The minimum absolute atomic E-state index is 0.472. The maximum absolute atomic E-state index is 11.4. The second-order valence-corrected chi connectivity index (χ2v) is 3.69. The Hall–Kier alpha value is -2.42. The molecule has 3 amide bonds. The van der Waals surface area contributed by atoms with E-state index in [9.17, 15) is 14.4 Å². The molecule has 0 saturated carbocycles. The lowest BCUT2D eigenvalue weighted by Gasteiger charge is -2.05. The van der Waals surface area contributed by atoms with Gasteiger partial charge in [0.2, 0.25) is 0 Å². The van der Waals surface area contributed by atoms with Crippen molar-refractivity contribution in [2.75, 3.05) is 18.5 Å². The van der Waals surface area contributed by atoms with Crippen LogP contribution in [0.5, 0.6) is 0 Å². The van der Waals surface area contributed by atoms with E-state index in [2.05, 4.69) is 15.2 Å². The summed E-state index contributed by atoms with van der Waals surface area (Å²) in [6.07, 6.45) is 1.58. The number of amides is 3. The fourth-order valence-electron chi connectivity index (χ4n) is 1.27. The van der Waals surface area contributed by atoms with E-state index in [0.717, 1.165) is 0 Å². The molecule has 0 aliphatic rings. The molecule has 0 saturated heterocycles. The van der Waals surface area contributed by atoms with Gasteiger partial charge in [0.15, 0.2) is 0 Å². The summed E-state index contributed by atoms with van der Waals surface area (Å²) in [6, 6.07) is -0.736. The second-order valence-electron chi connectivity index (χ2n) is 3.69. The van der Waals surface area contributed by atoms with Crippen molar-refractivity contribution in [3.05, 3.63) is 11.9 Å². The molecule has 9 heteroatoms. The Labute approximate surface area is 108 Å². The molecule has 0 aliphatic heterocycles. The van der Waals surface area contributed by atoms with Crippen LogP contribution in [0.4, 0.5) is 10.5 Å². The lowest BCUT2D eigenvalue weighted by molar-refractivity contribution is -0.143. The number of nitrogens with zero attached hydrogens (tertiary/aromatic N) is 2. The molecule has 104 valence electrons. The van der Waals surface area contributed by atoms with Crippen molar-refractivity contribution in [2.24, 2.45) is 7.05 Å². The Kier molecular flexibility index (Phi) is 5.01. The van der Waals surface area contributed by atoms with Gasteiger partial charge in [-0.2, -0.15) is 5.10 Å². The van der Waals surface area contributed by atoms with Crippen molar-refractivity contribution in [1.29, 1.82) is 0 Å². The second kappa shape index (κ2) is 6.50. The molecule has 1 heterocycles. The van der Waals surface area contributed by atoms with E-state index in [1.807, 2.05) is 5.32 Å². The zero-order valence-electron chi connectivity index (χ0n) is 10.5. The average Bonchev–Trinajstić information content (AvgIpc) is 2.56. The highest BCUT2D eigenvalue weighted by molar-refractivity contribution is 6.01. The first-order valence-corrected chi connectivity index (χ1v) is 5.29. The van der Waals surface area contributed by atoms with E-state index in [1.54, 1.807) is 20.2 Å². The number of nitrogens with one attached hydrogen (secondary N) is 2. The molecule has 3 N–H and O–H groups in total. The number of hydrogen-bond donors (Lipinski definition) is 3. The maximum atomic E-state index is 11.4. The Balaban J connectivity index is 2.36. The molecule has 0 aromatic carbocycles. The molecule has 19 heavy (non-hydrogen) atoms. The smallest absolute Gasteiger partial charge is 0.329 e. The molecule has 0 fully saturated rings. The maximum Gasteiger partial charge on any atom is 0.329 e. The van der Waals surface area contributed by atoms with E-state index in [0.29, 0.717) is 11.4 Å². The van der Waals surface area contributed by atoms with Crippen molar-refractivity contribution in [1.82, 2.24) is 15.1 Å². The van der Waals surface area contributed by atoms with Crippen LogP contribution >= 0.6 is 0 Å². The lowest BCUT2D eigenvalue weighted by atomic mass is 10.4. The van der Waals surface area contributed by atoms with Crippen molar-refractivity contribution in [3.63, 3.8) is 0 Å². The summed E-state index contributed by atoms with van der Waals surface area (Å²) >= 11 is 0. The van der Waals surface area contributed by atoms with Gasteiger partial charge >= 0.3 is 12.0 Å². The molecule has 9 nitrogen and oxygen atoms in total. The van der Waals surface area contributed by atoms with Crippen molar-refractivity contribution < 1.29 is 24.2 Å². The molecule has 0 spiro atoms. The Morgan fingerprint density at radius 2 is 2.11 bits per heavy atom. The average molecular weight is 270 g/mol. The molecular weight excluding hydrogens is 256 g/mol. The fraction of sp³-hybridized carbons (Fsp3) is 0.400. The van der Waals surface area contributed by atoms with Gasteiger partial charge in [-0.25, -0.2) is 9.59 Å². The molecule has 1 aromatic rings. The number of rotatable bonds is 5. The summed E-state index contributed by atoms with van der Waals surface area (Å²) < 4.78 is 6.04. The first kappa shape index (κ1) is 14.6. The minimum Gasteiger partial charge on any atom is -0.480 e. The van der Waals surface area contributed by atoms with Gasteiger partial charge in [0.05, 0.1) is 11.4 Å². The molecular formula is C10H14N4O5. The Bertz CT molecular complexity index is 496. The van der Waals surface area contributed by atoms with Crippen molar-refractivity contribution in [2.45, 2.75) is 6.92 Å². The third kappa shape index (κ3) is 5.17. The van der Waals surface area contributed by atoms with E-state index in [4.69, 9.17) is 5.11 Å². The van der Waals surface area contributed by atoms with Crippen LogP contribution in [-0.2, 0) is 21.4 Å². The van der Waals surface area contributed by atoms with Crippen LogP contribution in [0.3, 0.4) is 0 Å². The highest BCUT2D eigenvalue weighted by Gasteiger charge is 2.11. The largest absolute Gasteiger partial charge is 0.480 e. The van der Waals surface area contributed by atoms with Gasteiger partial charge in [-0.05, 0) is 6.92 Å². The molecule has 0 atom stereocenters. The number of anilines is 1. The van der Waals surface area contributed by atoms with Gasteiger partial charge in [-0.3, -0.25) is 14.8 Å². The van der Waals surface area contributed by atoms with E-state index in [-0.39, 0.29) is 0 Å². The number of carbonyl (C=O) groups is 3. The molecule has 0 radical (unpaired) electrons. The van der Waals surface area contributed by atoms with Crippen LogP contribution in [0.25, 0.3) is 0 Å². The number of carboxylic acids is 1. The first-order chi connectivity index (χ1) is 8.88.